The number of aliphatic hydroxyl groups is 1. The van der Waals surface area contributed by atoms with Crippen LogP contribution in [0.5, 0.6) is 0 Å². The van der Waals surface area contributed by atoms with Gasteiger partial charge in [-0.25, -0.2) is 4.79 Å². The number of carboxylic acids is 1. The van der Waals surface area contributed by atoms with Crippen LogP contribution in [0.15, 0.2) is 41.1 Å². The second-order valence-corrected chi connectivity index (χ2v) is 4.14. The van der Waals surface area contributed by atoms with Gasteiger partial charge in [-0.05, 0) is 6.07 Å². The Bertz CT molecular complexity index is 669. The number of ketones is 2. The largest absolute Gasteiger partial charge is 0.506 e. The van der Waals surface area contributed by atoms with Gasteiger partial charge in [0.05, 0.1) is 16.2 Å². The molecule has 1 aliphatic carbocycles. The average Bonchev–Trinajstić information content (AvgIpc) is 2.37. The standard InChI is InChI=1S/C13H7ClO5/c14-11-8(15)5-9(16)12(17)10(11)6-3-1-2-4-7(6)13(18)19/h1-5,15H,(H,18,19). The Morgan fingerprint density at radius 2 is 1.79 bits per heavy atom. The molecule has 19 heavy (non-hydrogen) atoms. The van der Waals surface area contributed by atoms with Gasteiger partial charge in [-0.3, -0.25) is 9.59 Å². The SMILES string of the molecule is O=C1C=C(O)C(Cl)=C(c2ccccc2C(=O)O)C1=O. The Balaban J connectivity index is 2.74. The number of hydrogen-bond donors (Lipinski definition) is 2. The lowest BCUT2D eigenvalue weighted by Gasteiger charge is -2.14. The number of halogens is 1. The molecule has 1 aromatic rings. The number of rotatable bonds is 2. The predicted octanol–water partition coefficient (Wildman–Crippen LogP) is 1.93. The van der Waals surface area contributed by atoms with E-state index in [-0.39, 0.29) is 21.7 Å². The zero-order valence-corrected chi connectivity index (χ0v) is 10.1. The summed E-state index contributed by atoms with van der Waals surface area (Å²) in [4.78, 5) is 34.3. The summed E-state index contributed by atoms with van der Waals surface area (Å²) in [5.41, 5.74) is -0.478. The highest BCUT2D eigenvalue weighted by Crippen LogP contribution is 2.32. The lowest BCUT2D eigenvalue weighted by atomic mass is 9.91. The van der Waals surface area contributed by atoms with E-state index in [4.69, 9.17) is 16.7 Å². The Kier molecular flexibility index (Phi) is 3.23. The fourth-order valence-electron chi connectivity index (χ4n) is 1.73. The topological polar surface area (TPSA) is 91.7 Å². The minimum atomic E-state index is -1.26. The molecule has 0 unspecified atom stereocenters. The molecule has 0 atom stereocenters. The maximum Gasteiger partial charge on any atom is 0.336 e. The number of aromatic carboxylic acids is 1. The summed E-state index contributed by atoms with van der Waals surface area (Å²) in [6.45, 7) is 0. The summed E-state index contributed by atoms with van der Waals surface area (Å²) in [6, 6.07) is 5.62. The molecule has 0 saturated heterocycles. The van der Waals surface area contributed by atoms with E-state index in [1.54, 1.807) is 0 Å². The van der Waals surface area contributed by atoms with Crippen molar-refractivity contribution in [1.29, 1.82) is 0 Å². The zero-order chi connectivity index (χ0) is 14.2. The van der Waals surface area contributed by atoms with E-state index in [0.29, 0.717) is 6.08 Å². The number of Topliss-reactive ketones (excluding diaryl/α,β-unsaturated/α-hetero) is 1. The van der Waals surface area contributed by atoms with Crippen LogP contribution in [-0.4, -0.2) is 27.7 Å². The highest BCUT2D eigenvalue weighted by molar-refractivity contribution is 6.62. The molecule has 0 fully saturated rings. The molecule has 5 nitrogen and oxygen atoms in total. The van der Waals surface area contributed by atoms with E-state index in [1.165, 1.54) is 24.3 Å². The van der Waals surface area contributed by atoms with Crippen molar-refractivity contribution in [2.75, 3.05) is 0 Å². The number of aliphatic hydroxyl groups excluding tert-OH is 1. The summed E-state index contributed by atoms with van der Waals surface area (Å²) in [5.74, 6) is -3.71. The van der Waals surface area contributed by atoms with Gasteiger partial charge in [0.25, 0.3) is 0 Å². The van der Waals surface area contributed by atoms with Crippen LogP contribution in [0.25, 0.3) is 5.57 Å². The smallest absolute Gasteiger partial charge is 0.336 e. The number of benzene rings is 1. The monoisotopic (exact) mass is 278 g/mol. The normalized spacial score (nSPS) is 15.5. The molecule has 0 aliphatic heterocycles. The van der Waals surface area contributed by atoms with Gasteiger partial charge in [0.15, 0.2) is 0 Å². The zero-order valence-electron chi connectivity index (χ0n) is 9.38. The molecule has 0 amide bonds. The van der Waals surface area contributed by atoms with Gasteiger partial charge < -0.3 is 10.2 Å². The average molecular weight is 279 g/mol. The van der Waals surface area contributed by atoms with Gasteiger partial charge in [-0.2, -0.15) is 0 Å². The number of hydrogen-bond acceptors (Lipinski definition) is 4. The van der Waals surface area contributed by atoms with Crippen LogP contribution in [0.4, 0.5) is 0 Å². The molecule has 0 radical (unpaired) electrons. The second kappa shape index (κ2) is 4.70. The third-order valence-corrected chi connectivity index (χ3v) is 2.97. The molecule has 0 heterocycles. The second-order valence-electron chi connectivity index (χ2n) is 3.76. The molecule has 1 aromatic carbocycles. The van der Waals surface area contributed by atoms with Crippen LogP contribution >= 0.6 is 11.6 Å². The van der Waals surface area contributed by atoms with Crippen molar-refractivity contribution in [2.45, 2.75) is 0 Å². The summed E-state index contributed by atoms with van der Waals surface area (Å²) in [6.07, 6.45) is 0.706. The fraction of sp³-hybridized carbons (Fsp3) is 0. The number of carbonyl (C=O) groups excluding carboxylic acids is 2. The number of carbonyl (C=O) groups is 3. The van der Waals surface area contributed by atoms with Crippen LogP contribution in [-0.2, 0) is 9.59 Å². The first-order valence-electron chi connectivity index (χ1n) is 5.15. The van der Waals surface area contributed by atoms with E-state index < -0.39 is 23.3 Å². The molecule has 0 spiro atoms. The molecule has 2 rings (SSSR count). The quantitative estimate of drug-likeness (QED) is 0.637. The Labute approximate surface area is 112 Å². The molecule has 6 heteroatoms. The van der Waals surface area contributed by atoms with Crippen LogP contribution in [0.2, 0.25) is 0 Å². The minimum Gasteiger partial charge on any atom is -0.506 e. The van der Waals surface area contributed by atoms with Crippen LogP contribution in [0, 0.1) is 0 Å². The Hall–Kier alpha value is -2.40. The molecule has 96 valence electrons. The molecule has 2 N–H and O–H groups in total. The minimum absolute atomic E-state index is 0.00185. The maximum absolute atomic E-state index is 11.8. The van der Waals surface area contributed by atoms with E-state index in [9.17, 15) is 19.5 Å². The van der Waals surface area contributed by atoms with Crippen LogP contribution in [0.3, 0.4) is 0 Å². The van der Waals surface area contributed by atoms with Crippen molar-refractivity contribution in [1.82, 2.24) is 0 Å². The van der Waals surface area contributed by atoms with Crippen LogP contribution in [0.1, 0.15) is 15.9 Å². The summed E-state index contributed by atoms with van der Waals surface area (Å²) in [5, 5.41) is 18.2. The third kappa shape index (κ3) is 2.15. The highest BCUT2D eigenvalue weighted by atomic mass is 35.5. The van der Waals surface area contributed by atoms with Crippen molar-refractivity contribution in [3.05, 3.63) is 52.3 Å². The van der Waals surface area contributed by atoms with E-state index in [2.05, 4.69) is 0 Å². The predicted molar refractivity (Wildman–Crippen MR) is 66.9 cm³/mol. The number of allylic oxidation sites excluding steroid dienone is 3. The van der Waals surface area contributed by atoms with E-state index in [1.807, 2.05) is 0 Å². The number of carboxylic acid groups (broad SMARTS) is 1. The first kappa shape index (κ1) is 13.0. The van der Waals surface area contributed by atoms with Crippen molar-refractivity contribution in [3.8, 4) is 0 Å². The van der Waals surface area contributed by atoms with Gasteiger partial charge >= 0.3 is 5.97 Å². The van der Waals surface area contributed by atoms with Crippen molar-refractivity contribution in [2.24, 2.45) is 0 Å². The van der Waals surface area contributed by atoms with Gasteiger partial charge in [0, 0.05) is 11.6 Å². The first-order chi connectivity index (χ1) is 8.93. The van der Waals surface area contributed by atoms with Crippen molar-refractivity contribution >= 4 is 34.7 Å². The van der Waals surface area contributed by atoms with Gasteiger partial charge in [-0.1, -0.05) is 29.8 Å². The fourth-order valence-corrected chi connectivity index (χ4v) is 1.97. The molecular formula is C13H7ClO5. The summed E-state index contributed by atoms with van der Waals surface area (Å²) in [7, 11) is 0. The molecule has 0 bridgehead atoms. The van der Waals surface area contributed by atoms with Crippen molar-refractivity contribution in [3.63, 3.8) is 0 Å². The molecule has 0 saturated carbocycles. The van der Waals surface area contributed by atoms with Gasteiger partial charge in [0.1, 0.15) is 5.76 Å². The molecule has 0 aromatic heterocycles. The molecular weight excluding hydrogens is 272 g/mol. The lowest BCUT2D eigenvalue weighted by Crippen LogP contribution is -2.20. The maximum atomic E-state index is 11.8. The van der Waals surface area contributed by atoms with E-state index in [0.717, 1.165) is 0 Å². The van der Waals surface area contributed by atoms with Crippen molar-refractivity contribution < 1.29 is 24.6 Å². The molecule has 1 aliphatic rings. The van der Waals surface area contributed by atoms with Gasteiger partial charge in [-0.15, -0.1) is 0 Å². The van der Waals surface area contributed by atoms with E-state index >= 15 is 0 Å². The lowest BCUT2D eigenvalue weighted by molar-refractivity contribution is -0.130. The summed E-state index contributed by atoms with van der Waals surface area (Å²) >= 11 is 5.80. The Morgan fingerprint density at radius 1 is 1.16 bits per heavy atom. The Morgan fingerprint density at radius 3 is 2.42 bits per heavy atom. The highest BCUT2D eigenvalue weighted by Gasteiger charge is 2.31. The van der Waals surface area contributed by atoms with Crippen LogP contribution < -0.4 is 0 Å². The first-order valence-corrected chi connectivity index (χ1v) is 5.53. The third-order valence-electron chi connectivity index (χ3n) is 2.59. The summed E-state index contributed by atoms with van der Waals surface area (Å²) < 4.78 is 0. The van der Waals surface area contributed by atoms with Gasteiger partial charge in [0.2, 0.25) is 11.6 Å².